The van der Waals surface area contributed by atoms with Gasteiger partial charge in [0, 0.05) is 11.1 Å². The predicted octanol–water partition coefficient (Wildman–Crippen LogP) is 3.17. The number of nitrogen functional groups attached to an aromatic ring is 1. The second kappa shape index (κ2) is 7.26. The molecule has 1 atom stereocenters. The zero-order valence-corrected chi connectivity index (χ0v) is 16.0. The third-order valence-corrected chi connectivity index (χ3v) is 4.71. The number of hydrogen-bond acceptors (Lipinski definition) is 8. The summed E-state index contributed by atoms with van der Waals surface area (Å²) in [6, 6.07) is 10.3. The molecular weight excluding hydrogens is 392 g/mol. The molecule has 4 rings (SSSR count). The van der Waals surface area contributed by atoms with E-state index >= 15 is 0 Å². The number of benzene rings is 1. The Hall–Kier alpha value is -3.90. The fourth-order valence-electron chi connectivity index (χ4n) is 3.02. The van der Waals surface area contributed by atoms with Crippen molar-refractivity contribution in [2.24, 2.45) is 0 Å². The van der Waals surface area contributed by atoms with Crippen LogP contribution in [0.5, 0.6) is 5.75 Å². The minimum absolute atomic E-state index is 0.0769. The van der Waals surface area contributed by atoms with Gasteiger partial charge < -0.3 is 16.2 Å². The Bertz CT molecular complexity index is 1260. The quantitative estimate of drug-likeness (QED) is 0.469. The van der Waals surface area contributed by atoms with Crippen molar-refractivity contribution >= 4 is 28.9 Å². The van der Waals surface area contributed by atoms with Gasteiger partial charge in [0.15, 0.2) is 10.8 Å². The van der Waals surface area contributed by atoms with Gasteiger partial charge in [0.1, 0.15) is 41.0 Å². The Balaban J connectivity index is 1.87. The lowest BCUT2D eigenvalue weighted by Crippen LogP contribution is -2.13. The number of phenolic OH excluding ortho intramolecular Hbond substituents is 1. The van der Waals surface area contributed by atoms with Crippen molar-refractivity contribution in [1.82, 2.24) is 24.6 Å². The highest BCUT2D eigenvalue weighted by atomic mass is 35.5. The number of nitrogens with one attached hydrogen (secondary N) is 1. The molecule has 4 aromatic rings. The second-order valence-electron chi connectivity index (χ2n) is 6.28. The Labute approximate surface area is 170 Å². The van der Waals surface area contributed by atoms with Gasteiger partial charge in [-0.3, -0.25) is 0 Å². The van der Waals surface area contributed by atoms with Crippen LogP contribution in [0.1, 0.15) is 24.1 Å². The highest BCUT2D eigenvalue weighted by Crippen LogP contribution is 2.35. The van der Waals surface area contributed by atoms with E-state index in [4.69, 9.17) is 17.3 Å². The van der Waals surface area contributed by atoms with E-state index < -0.39 is 0 Å². The third-order valence-electron chi connectivity index (χ3n) is 4.45. The van der Waals surface area contributed by atoms with Crippen LogP contribution in [-0.4, -0.2) is 29.7 Å². The van der Waals surface area contributed by atoms with Crippen molar-refractivity contribution in [2.75, 3.05) is 11.1 Å². The van der Waals surface area contributed by atoms with Crippen molar-refractivity contribution in [2.45, 2.75) is 13.0 Å². The van der Waals surface area contributed by atoms with E-state index in [1.165, 1.54) is 17.0 Å². The SMILES string of the molecule is CC(Nc1ncnc(N)c1C#N)c1cc2ncc(Cl)n2nc1-c1ccccc1O. The number of nitriles is 1. The van der Waals surface area contributed by atoms with Crippen molar-refractivity contribution in [3.05, 3.63) is 59.1 Å². The molecule has 29 heavy (non-hydrogen) atoms. The van der Waals surface area contributed by atoms with Gasteiger partial charge in [-0.2, -0.15) is 10.4 Å². The van der Waals surface area contributed by atoms with Gasteiger partial charge >= 0.3 is 0 Å². The summed E-state index contributed by atoms with van der Waals surface area (Å²) in [6.45, 7) is 1.88. The average Bonchev–Trinajstić information content (AvgIpc) is 3.08. The number of nitrogens with zero attached hydrogens (tertiary/aromatic N) is 6. The fourth-order valence-corrected chi connectivity index (χ4v) is 3.19. The van der Waals surface area contributed by atoms with Crippen LogP contribution in [0.15, 0.2) is 42.9 Å². The van der Waals surface area contributed by atoms with Gasteiger partial charge in [0.2, 0.25) is 0 Å². The van der Waals surface area contributed by atoms with E-state index in [0.29, 0.717) is 27.9 Å². The van der Waals surface area contributed by atoms with E-state index in [9.17, 15) is 10.4 Å². The first-order valence-corrected chi connectivity index (χ1v) is 8.97. The highest BCUT2D eigenvalue weighted by Gasteiger charge is 2.21. The number of aromatic hydroxyl groups is 1. The monoisotopic (exact) mass is 406 g/mol. The molecular formula is C19H15ClN8O. The molecule has 3 heterocycles. The van der Waals surface area contributed by atoms with E-state index in [1.54, 1.807) is 24.3 Å². The Kier molecular flexibility index (Phi) is 4.62. The van der Waals surface area contributed by atoms with Crippen LogP contribution in [0, 0.1) is 11.3 Å². The molecule has 0 aliphatic heterocycles. The van der Waals surface area contributed by atoms with E-state index in [2.05, 4.69) is 25.4 Å². The standard InChI is InChI=1S/C19H15ClN8O/c1-10(26-19-13(7-21)18(22)24-9-25-19)12-6-16-23-8-15(20)28(16)27-17(12)11-4-2-3-5-14(11)29/h2-6,8-10,29H,1H3,(H3,22,24,25,26). The number of phenols is 1. The Morgan fingerprint density at radius 3 is 2.83 bits per heavy atom. The minimum Gasteiger partial charge on any atom is -0.507 e. The number of halogens is 1. The zero-order chi connectivity index (χ0) is 20.5. The van der Waals surface area contributed by atoms with Crippen LogP contribution in [0.25, 0.3) is 16.9 Å². The predicted molar refractivity (Wildman–Crippen MR) is 108 cm³/mol. The van der Waals surface area contributed by atoms with Gasteiger partial charge in [-0.15, -0.1) is 0 Å². The number of aromatic nitrogens is 5. The number of para-hydroxylation sites is 1. The van der Waals surface area contributed by atoms with E-state index in [1.807, 2.05) is 19.1 Å². The summed E-state index contributed by atoms with van der Waals surface area (Å²) in [7, 11) is 0. The normalized spacial score (nSPS) is 11.9. The lowest BCUT2D eigenvalue weighted by Gasteiger charge is -2.19. The zero-order valence-electron chi connectivity index (χ0n) is 15.2. The largest absolute Gasteiger partial charge is 0.507 e. The summed E-state index contributed by atoms with van der Waals surface area (Å²) >= 11 is 6.18. The molecule has 0 bridgehead atoms. The Morgan fingerprint density at radius 2 is 2.07 bits per heavy atom. The molecule has 1 unspecified atom stereocenters. The summed E-state index contributed by atoms with van der Waals surface area (Å²) in [5.41, 5.74) is 8.24. The van der Waals surface area contributed by atoms with Gasteiger partial charge in [0.25, 0.3) is 0 Å². The molecule has 0 aliphatic rings. The molecule has 0 saturated carbocycles. The molecule has 0 amide bonds. The number of imidazole rings is 1. The Morgan fingerprint density at radius 1 is 1.28 bits per heavy atom. The lowest BCUT2D eigenvalue weighted by molar-refractivity contribution is 0.477. The molecule has 0 aliphatic carbocycles. The second-order valence-corrected chi connectivity index (χ2v) is 6.66. The maximum atomic E-state index is 10.4. The summed E-state index contributed by atoms with van der Waals surface area (Å²) in [5, 5.41) is 27.9. The molecule has 1 aromatic carbocycles. The molecule has 3 aromatic heterocycles. The molecule has 0 saturated heterocycles. The summed E-state index contributed by atoms with van der Waals surface area (Å²) in [4.78, 5) is 12.2. The first-order valence-electron chi connectivity index (χ1n) is 8.59. The first-order chi connectivity index (χ1) is 14.0. The van der Waals surface area contributed by atoms with Gasteiger partial charge in [-0.05, 0) is 25.1 Å². The minimum atomic E-state index is -0.362. The molecule has 0 radical (unpaired) electrons. The topological polar surface area (TPSA) is 138 Å². The van der Waals surface area contributed by atoms with Crippen molar-refractivity contribution in [1.29, 1.82) is 5.26 Å². The van der Waals surface area contributed by atoms with Crippen LogP contribution in [0.2, 0.25) is 5.15 Å². The van der Waals surface area contributed by atoms with Crippen LogP contribution < -0.4 is 11.1 Å². The number of rotatable bonds is 4. The summed E-state index contributed by atoms with van der Waals surface area (Å²) in [5.74, 6) is 0.469. The third kappa shape index (κ3) is 3.26. The van der Waals surface area contributed by atoms with Crippen molar-refractivity contribution in [3.8, 4) is 23.1 Å². The molecule has 4 N–H and O–H groups in total. The molecule has 10 heteroatoms. The molecule has 0 fully saturated rings. The van der Waals surface area contributed by atoms with Crippen LogP contribution in [0.4, 0.5) is 11.6 Å². The number of anilines is 2. The van der Waals surface area contributed by atoms with E-state index in [-0.39, 0.29) is 23.2 Å². The summed E-state index contributed by atoms with van der Waals surface area (Å²) in [6.07, 6.45) is 2.78. The number of hydrogen-bond donors (Lipinski definition) is 3. The molecule has 144 valence electrons. The maximum absolute atomic E-state index is 10.4. The van der Waals surface area contributed by atoms with Crippen molar-refractivity contribution in [3.63, 3.8) is 0 Å². The molecule has 9 nitrogen and oxygen atoms in total. The van der Waals surface area contributed by atoms with Gasteiger partial charge in [-0.25, -0.2) is 19.5 Å². The number of nitrogens with two attached hydrogens (primary N) is 1. The molecule has 0 spiro atoms. The highest BCUT2D eigenvalue weighted by molar-refractivity contribution is 6.29. The van der Waals surface area contributed by atoms with Crippen LogP contribution >= 0.6 is 11.6 Å². The first kappa shape index (κ1) is 18.5. The van der Waals surface area contributed by atoms with Crippen molar-refractivity contribution < 1.29 is 5.11 Å². The lowest BCUT2D eigenvalue weighted by atomic mass is 10.0. The number of fused-ring (bicyclic) bond motifs is 1. The van der Waals surface area contributed by atoms with Crippen LogP contribution in [0.3, 0.4) is 0 Å². The smallest absolute Gasteiger partial charge is 0.155 e. The average molecular weight is 407 g/mol. The van der Waals surface area contributed by atoms with Gasteiger partial charge in [-0.1, -0.05) is 23.7 Å². The fraction of sp³-hybridized carbons (Fsp3) is 0.105. The maximum Gasteiger partial charge on any atom is 0.155 e. The van der Waals surface area contributed by atoms with Gasteiger partial charge in [0.05, 0.1) is 12.2 Å². The van der Waals surface area contributed by atoms with E-state index in [0.717, 1.165) is 5.56 Å². The van der Waals surface area contributed by atoms with Crippen LogP contribution in [-0.2, 0) is 0 Å². The summed E-state index contributed by atoms with van der Waals surface area (Å²) < 4.78 is 1.49.